The quantitative estimate of drug-likeness (QED) is 0.934. The first-order valence-corrected chi connectivity index (χ1v) is 7.32. The first kappa shape index (κ1) is 12.6. The van der Waals surface area contributed by atoms with Crippen LogP contribution in [0.25, 0.3) is 5.69 Å². The van der Waals surface area contributed by atoms with E-state index in [9.17, 15) is 4.79 Å². The number of carbonyl (C=O) groups excluding carboxylic acids is 1. The number of aromatic nitrogens is 2. The number of nitrogens with one attached hydrogen (secondary N) is 1. The van der Waals surface area contributed by atoms with E-state index in [4.69, 9.17) is 4.74 Å². The Morgan fingerprint density at radius 3 is 2.90 bits per heavy atom. The van der Waals surface area contributed by atoms with Gasteiger partial charge in [-0.15, -0.1) is 0 Å². The molecule has 1 saturated carbocycles. The molecule has 1 aromatic heterocycles. The first-order valence-electron chi connectivity index (χ1n) is 7.32. The third kappa shape index (κ3) is 2.23. The van der Waals surface area contributed by atoms with Crippen molar-refractivity contribution in [2.45, 2.75) is 25.0 Å². The van der Waals surface area contributed by atoms with Gasteiger partial charge in [0.1, 0.15) is 0 Å². The van der Waals surface area contributed by atoms with Crippen LogP contribution in [-0.4, -0.2) is 34.2 Å². The Morgan fingerprint density at radius 2 is 2.19 bits per heavy atom. The van der Waals surface area contributed by atoms with E-state index in [0.717, 1.165) is 25.1 Å². The van der Waals surface area contributed by atoms with Crippen LogP contribution in [0.4, 0.5) is 0 Å². The Morgan fingerprint density at radius 1 is 1.33 bits per heavy atom. The normalized spacial score (nSPS) is 27.0. The van der Waals surface area contributed by atoms with Crippen LogP contribution in [0, 0.1) is 5.92 Å². The van der Waals surface area contributed by atoms with Crippen molar-refractivity contribution in [3.05, 3.63) is 48.5 Å². The molecule has 2 aromatic rings. The molecule has 1 aliphatic carbocycles. The maximum atomic E-state index is 12.3. The van der Waals surface area contributed by atoms with Gasteiger partial charge in [0.15, 0.2) is 0 Å². The molecule has 0 unspecified atom stereocenters. The molecule has 2 aliphatic rings. The molecule has 108 valence electrons. The SMILES string of the molecule is O=C(N[C@@H]1C[C@H]2OCC[C@@H]12)c1ccc(-n2ccnc2)cc1. The Kier molecular flexibility index (Phi) is 3.00. The summed E-state index contributed by atoms with van der Waals surface area (Å²) in [5.74, 6) is 0.515. The average molecular weight is 283 g/mol. The van der Waals surface area contributed by atoms with E-state index in [2.05, 4.69) is 10.3 Å². The molecule has 4 rings (SSSR count). The standard InChI is InChI=1S/C16H17N3O2/c20-16(18-14-9-15-13(14)5-8-21-15)11-1-3-12(4-2-11)19-7-6-17-10-19/h1-4,6-7,10,13-15H,5,8-9H2,(H,18,20)/t13-,14+,15+/m0/s1. The van der Waals surface area contributed by atoms with Crippen molar-refractivity contribution in [2.75, 3.05) is 6.61 Å². The zero-order valence-electron chi connectivity index (χ0n) is 11.6. The molecule has 1 amide bonds. The zero-order valence-corrected chi connectivity index (χ0v) is 11.6. The van der Waals surface area contributed by atoms with Gasteiger partial charge in [-0.2, -0.15) is 0 Å². The topological polar surface area (TPSA) is 56.1 Å². The van der Waals surface area contributed by atoms with Gasteiger partial charge in [0.25, 0.3) is 5.91 Å². The summed E-state index contributed by atoms with van der Waals surface area (Å²) in [5.41, 5.74) is 1.69. The molecule has 5 heteroatoms. The Bertz CT molecular complexity index is 636. The highest BCUT2D eigenvalue weighted by molar-refractivity contribution is 5.94. The van der Waals surface area contributed by atoms with Gasteiger partial charge in [-0.1, -0.05) is 0 Å². The summed E-state index contributed by atoms with van der Waals surface area (Å²) in [4.78, 5) is 16.3. The first-order chi connectivity index (χ1) is 10.3. The van der Waals surface area contributed by atoms with Crippen molar-refractivity contribution >= 4 is 5.91 Å². The Hall–Kier alpha value is -2.14. The molecule has 1 aliphatic heterocycles. The van der Waals surface area contributed by atoms with Gasteiger partial charge in [0.05, 0.1) is 12.4 Å². The van der Waals surface area contributed by atoms with E-state index in [1.54, 1.807) is 12.5 Å². The van der Waals surface area contributed by atoms with Gasteiger partial charge in [-0.25, -0.2) is 4.98 Å². The second-order valence-electron chi connectivity index (χ2n) is 5.69. The summed E-state index contributed by atoms with van der Waals surface area (Å²) >= 11 is 0. The van der Waals surface area contributed by atoms with Crippen molar-refractivity contribution in [1.82, 2.24) is 14.9 Å². The lowest BCUT2D eigenvalue weighted by molar-refractivity contribution is 0.00810. The Labute approximate surface area is 122 Å². The van der Waals surface area contributed by atoms with Crippen molar-refractivity contribution in [1.29, 1.82) is 0 Å². The van der Waals surface area contributed by atoms with Crippen LogP contribution in [0.5, 0.6) is 0 Å². The van der Waals surface area contributed by atoms with E-state index >= 15 is 0 Å². The number of nitrogens with zero attached hydrogens (tertiary/aromatic N) is 2. The summed E-state index contributed by atoms with van der Waals surface area (Å²) in [5, 5.41) is 3.12. The fourth-order valence-electron chi connectivity index (χ4n) is 3.21. The van der Waals surface area contributed by atoms with Gasteiger partial charge in [-0.3, -0.25) is 4.79 Å². The van der Waals surface area contributed by atoms with Crippen LogP contribution in [0.1, 0.15) is 23.2 Å². The number of carbonyl (C=O) groups is 1. The van der Waals surface area contributed by atoms with Crippen molar-refractivity contribution in [3.63, 3.8) is 0 Å². The van der Waals surface area contributed by atoms with Crippen molar-refractivity contribution < 1.29 is 9.53 Å². The highest BCUT2D eigenvalue weighted by Crippen LogP contribution is 2.38. The number of rotatable bonds is 3. The summed E-state index contributed by atoms with van der Waals surface area (Å²) in [6, 6.07) is 7.84. The Balaban J connectivity index is 1.43. The average Bonchev–Trinajstić information content (AvgIpc) is 3.14. The van der Waals surface area contributed by atoms with Crippen LogP contribution >= 0.6 is 0 Å². The largest absolute Gasteiger partial charge is 0.378 e. The van der Waals surface area contributed by atoms with Gasteiger partial charge in [0, 0.05) is 42.2 Å². The molecule has 0 spiro atoms. The molecule has 3 atom stereocenters. The van der Waals surface area contributed by atoms with E-state index in [0.29, 0.717) is 17.6 Å². The molecule has 2 heterocycles. The highest BCUT2D eigenvalue weighted by atomic mass is 16.5. The molecule has 5 nitrogen and oxygen atoms in total. The van der Waals surface area contributed by atoms with Crippen LogP contribution in [-0.2, 0) is 4.74 Å². The number of amides is 1. The molecule has 0 radical (unpaired) electrons. The fraction of sp³-hybridized carbons (Fsp3) is 0.375. The molecule has 0 bridgehead atoms. The maximum absolute atomic E-state index is 12.3. The van der Waals surface area contributed by atoms with Crippen LogP contribution in [0.3, 0.4) is 0 Å². The van der Waals surface area contributed by atoms with Gasteiger partial charge < -0.3 is 14.6 Å². The van der Waals surface area contributed by atoms with Gasteiger partial charge in [0.2, 0.25) is 0 Å². The minimum Gasteiger partial charge on any atom is -0.378 e. The number of hydrogen-bond donors (Lipinski definition) is 1. The van der Waals surface area contributed by atoms with E-state index in [-0.39, 0.29) is 11.9 Å². The van der Waals surface area contributed by atoms with Crippen LogP contribution in [0.2, 0.25) is 0 Å². The lowest BCUT2D eigenvalue weighted by Gasteiger charge is -2.39. The van der Waals surface area contributed by atoms with E-state index in [1.165, 1.54) is 0 Å². The van der Waals surface area contributed by atoms with Crippen molar-refractivity contribution in [2.24, 2.45) is 5.92 Å². The highest BCUT2D eigenvalue weighted by Gasteiger charge is 2.45. The summed E-state index contributed by atoms with van der Waals surface area (Å²) in [6.07, 6.45) is 7.74. The maximum Gasteiger partial charge on any atom is 0.251 e. The summed E-state index contributed by atoms with van der Waals surface area (Å²) in [6.45, 7) is 0.835. The zero-order chi connectivity index (χ0) is 14.2. The van der Waals surface area contributed by atoms with Crippen molar-refractivity contribution in [3.8, 4) is 5.69 Å². The fourth-order valence-corrected chi connectivity index (χ4v) is 3.21. The predicted molar refractivity (Wildman–Crippen MR) is 77.3 cm³/mol. The third-order valence-electron chi connectivity index (χ3n) is 4.51. The number of ether oxygens (including phenoxy) is 1. The number of hydrogen-bond acceptors (Lipinski definition) is 3. The second-order valence-corrected chi connectivity index (χ2v) is 5.69. The number of fused-ring (bicyclic) bond motifs is 1. The number of imidazole rings is 1. The summed E-state index contributed by atoms with van der Waals surface area (Å²) < 4.78 is 7.48. The van der Waals surface area contributed by atoms with Gasteiger partial charge >= 0.3 is 0 Å². The molecular weight excluding hydrogens is 266 g/mol. The number of benzene rings is 1. The van der Waals surface area contributed by atoms with E-state index < -0.39 is 0 Å². The lowest BCUT2D eigenvalue weighted by atomic mass is 9.76. The van der Waals surface area contributed by atoms with Crippen LogP contribution < -0.4 is 5.32 Å². The lowest BCUT2D eigenvalue weighted by Crippen LogP contribution is -2.53. The molecule has 1 N–H and O–H groups in total. The minimum atomic E-state index is 0.00234. The molecule has 1 aromatic carbocycles. The monoisotopic (exact) mass is 283 g/mol. The molecule has 1 saturated heterocycles. The van der Waals surface area contributed by atoms with Crippen LogP contribution in [0.15, 0.2) is 43.0 Å². The third-order valence-corrected chi connectivity index (χ3v) is 4.51. The smallest absolute Gasteiger partial charge is 0.251 e. The molecule has 21 heavy (non-hydrogen) atoms. The van der Waals surface area contributed by atoms with Gasteiger partial charge in [-0.05, 0) is 37.1 Å². The predicted octanol–water partition coefficient (Wildman–Crippen LogP) is 1.78. The minimum absolute atomic E-state index is 0.00234. The molecular formula is C16H17N3O2. The summed E-state index contributed by atoms with van der Waals surface area (Å²) in [7, 11) is 0. The van der Waals surface area contributed by atoms with E-state index in [1.807, 2.05) is 35.0 Å². The molecule has 2 fully saturated rings. The second kappa shape index (κ2) is 5.00.